The van der Waals surface area contributed by atoms with E-state index in [1.807, 2.05) is 24.3 Å². The Morgan fingerprint density at radius 3 is 1.17 bits per heavy atom. The predicted octanol–water partition coefficient (Wildman–Crippen LogP) is 31.1. The van der Waals surface area contributed by atoms with Gasteiger partial charge in [0, 0.05) is 97.7 Å². The fourth-order valence-corrected chi connectivity index (χ4v) is 22.4. The van der Waals surface area contributed by atoms with Crippen molar-refractivity contribution < 1.29 is 0 Å². The molecular formula is C122H71N11. The van der Waals surface area contributed by atoms with Crippen LogP contribution in [0.15, 0.2) is 431 Å². The zero-order chi connectivity index (χ0) is 86.8. The monoisotopic (exact) mass is 1690 g/mol. The molecule has 1 aliphatic carbocycles. The second-order valence-electron chi connectivity index (χ2n) is 35.0. The maximum absolute atomic E-state index is 5.41. The van der Waals surface area contributed by atoms with Crippen molar-refractivity contribution in [3.8, 4) is 85.0 Å². The average Bonchev–Trinajstić information content (AvgIpc) is 1.53. The van der Waals surface area contributed by atoms with Gasteiger partial charge in [0.05, 0.1) is 99.8 Å². The number of aromatic nitrogens is 11. The van der Waals surface area contributed by atoms with Gasteiger partial charge in [-0.25, -0.2) is 29.9 Å². The van der Waals surface area contributed by atoms with Gasteiger partial charge < -0.3 is 8.80 Å². The molecular weight excluding hydrogens is 1620 g/mol. The normalized spacial score (nSPS) is 12.2. The summed E-state index contributed by atoms with van der Waals surface area (Å²) in [6, 6.07) is 154. The number of para-hydroxylation sites is 6. The number of hydrogen-bond acceptors (Lipinski definition) is 6. The largest absolute Gasteiger partial charge is 0.308 e. The number of nitrogens with zero attached hydrogens (tertiary/aromatic N) is 11. The number of rotatable bonds is 7. The van der Waals surface area contributed by atoms with Crippen LogP contribution in [-0.2, 0) is 0 Å². The Balaban J connectivity index is 0.0000000975. The van der Waals surface area contributed by atoms with Crippen LogP contribution in [0.5, 0.6) is 0 Å². The van der Waals surface area contributed by atoms with Crippen LogP contribution in [0.1, 0.15) is 0 Å². The smallest absolute Gasteiger partial charge is 0.235 e. The minimum absolute atomic E-state index is 0.665. The van der Waals surface area contributed by atoms with E-state index in [0.717, 1.165) is 111 Å². The highest BCUT2D eigenvalue weighted by atomic mass is 15.2. The third-order valence-corrected chi connectivity index (χ3v) is 28.0. The van der Waals surface area contributed by atoms with Crippen LogP contribution >= 0.6 is 0 Å². The highest BCUT2D eigenvalue weighted by molar-refractivity contribution is 6.36. The Hall–Kier alpha value is -18.1. The molecule has 0 saturated carbocycles. The van der Waals surface area contributed by atoms with Crippen molar-refractivity contribution in [2.24, 2.45) is 0 Å². The van der Waals surface area contributed by atoms with E-state index in [1.165, 1.54) is 158 Å². The highest BCUT2D eigenvalue weighted by Gasteiger charge is 2.31. The topological polar surface area (TPSA) is 101 Å². The molecule has 11 heteroatoms. The molecule has 133 heavy (non-hydrogen) atoms. The van der Waals surface area contributed by atoms with Crippen LogP contribution in [0.4, 0.5) is 0 Å². The SMILES string of the molecule is c1ccc(-c2cc(-c3ccccc3)nc(-n3c4cccc5c6ccccc6n6c7ccccc7c7ccc3c(c54)c76)n2)cc1.c1ccc(-c2nc(-n3c4cccc5c4c4c6c(cccc6ccc43)-c3ccccc3-5)nc3c2ccc2ccccc23)cc1.c1ccc2cc(-c3nc4ccccc4nc3-n3c4cccc5c6ccccc6n6c7ccccc7c7ccc3c(c54)c76)ccc2c1. The highest BCUT2D eigenvalue weighted by Crippen LogP contribution is 2.53. The molecule has 0 bridgehead atoms. The fourth-order valence-electron chi connectivity index (χ4n) is 22.4. The summed E-state index contributed by atoms with van der Waals surface area (Å²) in [7, 11) is 0. The van der Waals surface area contributed by atoms with Crippen molar-refractivity contribution in [2.45, 2.75) is 0 Å². The van der Waals surface area contributed by atoms with Crippen molar-refractivity contribution in [1.82, 2.24) is 52.4 Å². The molecule has 0 spiro atoms. The minimum atomic E-state index is 0.665. The van der Waals surface area contributed by atoms with Gasteiger partial charge in [0.1, 0.15) is 5.69 Å². The van der Waals surface area contributed by atoms with Crippen molar-refractivity contribution in [3.05, 3.63) is 431 Å². The summed E-state index contributed by atoms with van der Waals surface area (Å²) in [5.74, 6) is 2.19. The molecule has 31 rings (SSSR count). The maximum atomic E-state index is 5.41. The molecule has 10 aromatic heterocycles. The Morgan fingerprint density at radius 1 is 0.173 bits per heavy atom. The first-order valence-corrected chi connectivity index (χ1v) is 45.3. The van der Waals surface area contributed by atoms with Crippen molar-refractivity contribution in [1.29, 1.82) is 0 Å². The summed E-state index contributed by atoms with van der Waals surface area (Å²) in [6.07, 6.45) is 0. The Labute approximate surface area is 758 Å². The van der Waals surface area contributed by atoms with E-state index in [9.17, 15) is 0 Å². The van der Waals surface area contributed by atoms with E-state index in [1.54, 1.807) is 0 Å². The van der Waals surface area contributed by atoms with Crippen LogP contribution in [0.3, 0.4) is 0 Å². The molecule has 1 aliphatic rings. The Morgan fingerprint density at radius 2 is 0.564 bits per heavy atom. The number of hydrogen-bond donors (Lipinski definition) is 0. The third kappa shape index (κ3) is 10.6. The van der Waals surface area contributed by atoms with E-state index in [0.29, 0.717) is 11.9 Å². The molecule has 0 amide bonds. The van der Waals surface area contributed by atoms with E-state index in [2.05, 4.69) is 429 Å². The quantitative estimate of drug-likeness (QED) is 0.147. The van der Waals surface area contributed by atoms with Crippen molar-refractivity contribution >= 4 is 196 Å². The van der Waals surface area contributed by atoms with Crippen LogP contribution in [-0.4, -0.2) is 52.4 Å². The van der Waals surface area contributed by atoms with E-state index in [4.69, 9.17) is 29.9 Å². The molecule has 614 valence electrons. The van der Waals surface area contributed by atoms with Gasteiger partial charge in [0.15, 0.2) is 5.82 Å². The van der Waals surface area contributed by atoms with Gasteiger partial charge in [-0.2, -0.15) is 0 Å². The van der Waals surface area contributed by atoms with Gasteiger partial charge in [-0.1, -0.05) is 340 Å². The number of fused-ring (bicyclic) bond motifs is 20. The lowest BCUT2D eigenvalue weighted by atomic mass is 9.93. The molecule has 0 unspecified atom stereocenters. The lowest BCUT2D eigenvalue weighted by molar-refractivity contribution is 0.996. The molecule has 30 aromatic rings. The number of benzene rings is 20. The van der Waals surface area contributed by atoms with Crippen molar-refractivity contribution in [2.75, 3.05) is 0 Å². The van der Waals surface area contributed by atoms with Crippen LogP contribution in [0.25, 0.3) is 281 Å². The fraction of sp³-hybridized carbons (Fsp3) is 0. The second-order valence-corrected chi connectivity index (χ2v) is 35.0. The van der Waals surface area contributed by atoms with Crippen LogP contribution in [0.2, 0.25) is 0 Å². The first kappa shape index (κ1) is 73.0. The van der Waals surface area contributed by atoms with Gasteiger partial charge >= 0.3 is 0 Å². The first-order chi connectivity index (χ1) is 66.0. The molecule has 0 saturated heterocycles. The standard InChI is InChI=1S/C42H24N4.C40H24N4.C40H23N3/c1-2-11-26-24-27(21-20-25(26)10-1)40-42(44-33-16-6-5-15-32(33)43-40)46-36-19-9-14-30-28-12-3-7-17-34(28)45-35-18-8-4-13-29(35)31-22-23-37(46)39(38(30)36)41(31)45;1-3-12-25(13-4-1)31-24-32(26-14-5-2-6-15-26)42-40(41-31)44-35-21-11-18-29-27-16-7-9-19-33(27)43-34-20-10-8-17-28(34)30-22-23-36(44)38(37(29)35)39(30)43;1-2-11-26(12-3-1)38-32-22-20-24-10-4-5-14-27(24)39(32)42-40(41-38)43-33-19-9-18-31-29-16-7-6-15-28(29)30-17-8-13-25-21-23-34(43)37(35(25)30)36(31)33/h1-24H;1-24H;1-23H. The Bertz CT molecular complexity index is 10100. The molecule has 0 atom stereocenters. The van der Waals surface area contributed by atoms with E-state index < -0.39 is 0 Å². The summed E-state index contributed by atoms with van der Waals surface area (Å²) in [5.41, 5.74) is 29.6. The Kier molecular flexibility index (Phi) is 15.5. The molecule has 20 aromatic carbocycles. The zero-order valence-corrected chi connectivity index (χ0v) is 71.4. The van der Waals surface area contributed by atoms with Gasteiger partial charge in [-0.3, -0.25) is 13.7 Å². The van der Waals surface area contributed by atoms with Gasteiger partial charge in [-0.15, -0.1) is 0 Å². The molecule has 0 N–H and O–H groups in total. The van der Waals surface area contributed by atoms with Crippen LogP contribution < -0.4 is 0 Å². The molecule has 11 nitrogen and oxygen atoms in total. The first-order valence-electron chi connectivity index (χ1n) is 45.3. The minimum Gasteiger partial charge on any atom is -0.308 e. The van der Waals surface area contributed by atoms with E-state index in [-0.39, 0.29) is 0 Å². The molecule has 10 heterocycles. The van der Waals surface area contributed by atoms with Crippen molar-refractivity contribution in [3.63, 3.8) is 0 Å². The zero-order valence-electron chi connectivity index (χ0n) is 71.4. The third-order valence-electron chi connectivity index (χ3n) is 28.0. The molecule has 0 fully saturated rings. The molecule has 0 aliphatic heterocycles. The predicted molar refractivity (Wildman–Crippen MR) is 552 cm³/mol. The second kappa shape index (κ2) is 28.2. The summed E-state index contributed by atoms with van der Waals surface area (Å²) in [5, 5.41) is 25.7. The van der Waals surface area contributed by atoms with Gasteiger partial charge in [-0.05, 0) is 151 Å². The molecule has 0 radical (unpaired) electrons. The average molecular weight is 1690 g/mol. The lowest BCUT2D eigenvalue weighted by Gasteiger charge is -2.15. The van der Waals surface area contributed by atoms with E-state index >= 15 is 0 Å². The lowest BCUT2D eigenvalue weighted by Crippen LogP contribution is -2.04. The van der Waals surface area contributed by atoms with Gasteiger partial charge in [0.2, 0.25) is 11.9 Å². The maximum Gasteiger partial charge on any atom is 0.235 e. The summed E-state index contributed by atoms with van der Waals surface area (Å²) >= 11 is 0. The summed E-state index contributed by atoms with van der Waals surface area (Å²) < 4.78 is 11.8. The summed E-state index contributed by atoms with van der Waals surface area (Å²) in [4.78, 5) is 32.0. The summed E-state index contributed by atoms with van der Waals surface area (Å²) in [6.45, 7) is 0. The van der Waals surface area contributed by atoms with Gasteiger partial charge in [0.25, 0.3) is 0 Å². The van der Waals surface area contributed by atoms with Crippen LogP contribution in [0, 0.1) is 0 Å².